The molecule has 0 aliphatic rings. The molecule has 2 N–H and O–H groups in total. The highest BCUT2D eigenvalue weighted by molar-refractivity contribution is 7.30. The summed E-state index contributed by atoms with van der Waals surface area (Å²) < 4.78 is 8.70. The van der Waals surface area contributed by atoms with Crippen molar-refractivity contribution in [3.8, 4) is 0 Å². The maximum Gasteiger partial charge on any atom is 0.692 e. The first-order valence-electron chi connectivity index (χ1n) is 4.34. The van der Waals surface area contributed by atoms with Crippen molar-refractivity contribution < 1.29 is 14.4 Å². The van der Waals surface area contributed by atoms with E-state index in [4.69, 9.17) is 14.4 Å². The van der Waals surface area contributed by atoms with Crippen LogP contribution in [-0.4, -0.2) is 9.79 Å². The van der Waals surface area contributed by atoms with Gasteiger partial charge in [-0.05, 0) is 5.56 Å². The number of rotatable bonds is 2. The van der Waals surface area contributed by atoms with Gasteiger partial charge in [0.2, 0.25) is 0 Å². The summed E-state index contributed by atoms with van der Waals surface area (Å²) in [5.74, 6) is 0. The van der Waals surface area contributed by atoms with E-state index in [0.29, 0.717) is 0 Å². The van der Waals surface area contributed by atoms with Crippen LogP contribution in [0.1, 0.15) is 5.56 Å². The zero-order valence-corrected chi connectivity index (χ0v) is 9.88. The molecule has 0 bridgehead atoms. The highest BCUT2D eigenvalue weighted by Gasteiger charge is 1.93. The molecule has 3 nitrogen and oxygen atoms in total. The number of hydrogen-bond acceptors (Lipinski definition) is 1. The van der Waals surface area contributed by atoms with E-state index in [2.05, 4.69) is 19.7 Å². The van der Waals surface area contributed by atoms with Gasteiger partial charge in [-0.15, -0.1) is 9.79 Å². The molecule has 0 spiro atoms. The lowest BCUT2D eigenvalue weighted by molar-refractivity contribution is 0.405. The fraction of sp³-hybridized carbons (Fsp3) is 0. The van der Waals surface area contributed by atoms with Gasteiger partial charge in [0.15, 0.2) is 0 Å². The molecular weight excluding hydrogens is 223 g/mol. The van der Waals surface area contributed by atoms with Crippen molar-refractivity contribution in [2.45, 2.75) is 0 Å². The molecule has 0 saturated carbocycles. The Hall–Kier alpha value is -1.54. The molecule has 4 heteroatoms. The first kappa shape index (κ1) is 16.9. The van der Waals surface area contributed by atoms with Crippen molar-refractivity contribution in [3.63, 3.8) is 0 Å². The minimum atomic E-state index is -2.87. The second kappa shape index (κ2) is 13.5. The minimum Gasteiger partial charge on any atom is -0.134 e. The van der Waals surface area contributed by atoms with Crippen LogP contribution in [0.3, 0.4) is 0 Å². The van der Waals surface area contributed by atoms with Gasteiger partial charge in [-0.3, -0.25) is 0 Å². The number of allylic oxidation sites excluding steroid dienone is 2. The highest BCUT2D eigenvalue weighted by atomic mass is 31.1. The quantitative estimate of drug-likeness (QED) is 0.614. The van der Waals surface area contributed by atoms with Crippen molar-refractivity contribution in [1.29, 1.82) is 0 Å². The highest BCUT2D eigenvalue weighted by Crippen LogP contribution is 1.98. The lowest BCUT2D eigenvalue weighted by atomic mass is 10.2. The normalized spacial score (nSPS) is 7.12. The SMILES string of the molecule is C=CC=C.C=Cc1ccccc1.O=[P+](O)O. The van der Waals surface area contributed by atoms with E-state index in [1.54, 1.807) is 12.2 Å². The lowest BCUT2D eigenvalue weighted by Gasteiger charge is -1.85. The van der Waals surface area contributed by atoms with E-state index in [1.165, 1.54) is 5.56 Å². The Balaban J connectivity index is 0. The average molecular weight is 239 g/mol. The zero-order chi connectivity index (χ0) is 12.8. The summed E-state index contributed by atoms with van der Waals surface area (Å²) in [5, 5.41) is 0. The molecule has 0 unspecified atom stereocenters. The summed E-state index contributed by atoms with van der Waals surface area (Å²) in [6, 6.07) is 10.0. The minimum absolute atomic E-state index is 1.17. The Kier molecular flexibility index (Phi) is 14.2. The summed E-state index contributed by atoms with van der Waals surface area (Å²) in [7, 11) is -2.87. The van der Waals surface area contributed by atoms with Crippen molar-refractivity contribution in [2.75, 3.05) is 0 Å². The Labute approximate surface area is 97.0 Å². The largest absolute Gasteiger partial charge is 0.692 e. The molecule has 0 aromatic heterocycles. The van der Waals surface area contributed by atoms with Gasteiger partial charge < -0.3 is 0 Å². The predicted octanol–water partition coefficient (Wildman–Crippen LogP) is 3.32. The number of benzene rings is 1. The van der Waals surface area contributed by atoms with Crippen molar-refractivity contribution in [3.05, 3.63) is 67.8 Å². The first-order valence-corrected chi connectivity index (χ1v) is 5.51. The van der Waals surface area contributed by atoms with Crippen molar-refractivity contribution in [2.24, 2.45) is 0 Å². The fourth-order valence-electron chi connectivity index (χ4n) is 0.589. The van der Waals surface area contributed by atoms with Gasteiger partial charge in [-0.1, -0.05) is 68.3 Å². The Bertz CT molecular complexity index is 310. The zero-order valence-electron chi connectivity index (χ0n) is 8.99. The van der Waals surface area contributed by atoms with Crippen LogP contribution >= 0.6 is 8.25 Å². The van der Waals surface area contributed by atoms with E-state index in [1.807, 2.05) is 36.4 Å². The van der Waals surface area contributed by atoms with Gasteiger partial charge in [0, 0.05) is 4.57 Å². The van der Waals surface area contributed by atoms with E-state index in [0.717, 1.165) is 0 Å². The number of hydrogen-bond donors (Lipinski definition) is 2. The topological polar surface area (TPSA) is 57.5 Å². The molecule has 1 rings (SSSR count). The molecule has 86 valence electrons. The summed E-state index contributed by atoms with van der Waals surface area (Å²) in [6.45, 7) is 10.4. The van der Waals surface area contributed by atoms with Crippen LogP contribution in [0.25, 0.3) is 6.08 Å². The van der Waals surface area contributed by atoms with Crippen LogP contribution in [-0.2, 0) is 4.57 Å². The van der Waals surface area contributed by atoms with Crippen LogP contribution in [0.4, 0.5) is 0 Å². The summed E-state index contributed by atoms with van der Waals surface area (Å²) in [4.78, 5) is 14.2. The third-order valence-electron chi connectivity index (χ3n) is 1.20. The molecule has 1 aromatic rings. The molecule has 16 heavy (non-hydrogen) atoms. The molecule has 0 amide bonds. The van der Waals surface area contributed by atoms with Gasteiger partial charge >= 0.3 is 8.25 Å². The molecule has 0 radical (unpaired) electrons. The molecule has 1 aromatic carbocycles. The molecule has 0 atom stereocenters. The Morgan fingerprint density at radius 1 is 1.00 bits per heavy atom. The molecule has 0 saturated heterocycles. The maximum atomic E-state index is 8.70. The monoisotopic (exact) mass is 239 g/mol. The summed E-state index contributed by atoms with van der Waals surface area (Å²) in [5.41, 5.74) is 1.17. The van der Waals surface area contributed by atoms with Gasteiger partial charge in [-0.2, -0.15) is 0 Å². The van der Waals surface area contributed by atoms with Crippen LogP contribution in [0.2, 0.25) is 0 Å². The Morgan fingerprint density at radius 3 is 1.56 bits per heavy atom. The molecule has 0 aliphatic carbocycles. The lowest BCUT2D eigenvalue weighted by Crippen LogP contribution is -1.63. The van der Waals surface area contributed by atoms with E-state index < -0.39 is 8.25 Å². The van der Waals surface area contributed by atoms with Gasteiger partial charge in [0.25, 0.3) is 0 Å². The van der Waals surface area contributed by atoms with Gasteiger partial charge in [0.1, 0.15) is 0 Å². The van der Waals surface area contributed by atoms with Crippen molar-refractivity contribution >= 4 is 14.3 Å². The van der Waals surface area contributed by atoms with Gasteiger partial charge in [-0.25, -0.2) is 0 Å². The van der Waals surface area contributed by atoms with Crippen molar-refractivity contribution in [1.82, 2.24) is 0 Å². The molecule has 0 fully saturated rings. The standard InChI is InChI=1S/C8H8.C4H6.HO3P/c1-2-8-6-4-3-5-7-8;1-3-4-2;1-4(2)3/h2-7H,1H2;3-4H,1-2H2;(H-,1,2,3)/p+1. The van der Waals surface area contributed by atoms with E-state index >= 15 is 0 Å². The second-order valence-electron chi connectivity index (χ2n) is 2.34. The molecule has 0 aliphatic heterocycles. The molecule has 0 heterocycles. The van der Waals surface area contributed by atoms with E-state index in [-0.39, 0.29) is 0 Å². The van der Waals surface area contributed by atoms with E-state index in [9.17, 15) is 0 Å². The van der Waals surface area contributed by atoms with Crippen LogP contribution in [0.15, 0.2) is 62.2 Å². The third kappa shape index (κ3) is 18.3. The molecular formula is C12H16O3P+. The summed E-state index contributed by atoms with van der Waals surface area (Å²) in [6.07, 6.45) is 5.11. The van der Waals surface area contributed by atoms with Gasteiger partial charge in [0.05, 0.1) is 0 Å². The maximum absolute atomic E-state index is 8.70. The average Bonchev–Trinajstić information content (AvgIpc) is 2.30. The fourth-order valence-corrected chi connectivity index (χ4v) is 0.589. The smallest absolute Gasteiger partial charge is 0.134 e. The van der Waals surface area contributed by atoms with Crippen LogP contribution in [0.5, 0.6) is 0 Å². The second-order valence-corrected chi connectivity index (χ2v) is 2.84. The Morgan fingerprint density at radius 2 is 1.38 bits per heavy atom. The first-order chi connectivity index (χ1) is 7.58. The summed E-state index contributed by atoms with van der Waals surface area (Å²) >= 11 is 0. The van der Waals surface area contributed by atoms with Crippen LogP contribution in [0, 0.1) is 0 Å². The predicted molar refractivity (Wildman–Crippen MR) is 69.0 cm³/mol. The van der Waals surface area contributed by atoms with Crippen LogP contribution < -0.4 is 0 Å². The third-order valence-corrected chi connectivity index (χ3v) is 1.20.